The van der Waals surface area contributed by atoms with Crippen molar-refractivity contribution in [2.45, 2.75) is 26.2 Å². The summed E-state index contributed by atoms with van der Waals surface area (Å²) in [4.78, 5) is 26.7. The number of ether oxygens (including phenoxy) is 1. The highest BCUT2D eigenvalue weighted by Gasteiger charge is 2.29. The zero-order valence-electron chi connectivity index (χ0n) is 12.0. The van der Waals surface area contributed by atoms with Crippen molar-refractivity contribution >= 4 is 39.1 Å². The Balaban J connectivity index is 2.05. The standard InChI is InChI=1S/C14H18BrNO4S/c1-8-11(15)12(20-2)13(21-8)14(19)16-5-3-9(4-6-16)7-10(17)18/h9H,3-7H2,1-2H3,(H,17,18). The van der Waals surface area contributed by atoms with E-state index in [4.69, 9.17) is 9.84 Å². The summed E-state index contributed by atoms with van der Waals surface area (Å²) < 4.78 is 6.15. The van der Waals surface area contributed by atoms with E-state index in [0.29, 0.717) is 23.7 Å². The van der Waals surface area contributed by atoms with Crippen LogP contribution in [0.2, 0.25) is 0 Å². The average Bonchev–Trinajstić information content (AvgIpc) is 2.74. The molecule has 0 aromatic carbocycles. The summed E-state index contributed by atoms with van der Waals surface area (Å²) in [5, 5.41) is 8.82. The smallest absolute Gasteiger partial charge is 0.303 e. The predicted octanol–water partition coefficient (Wildman–Crippen LogP) is 3.15. The minimum Gasteiger partial charge on any atom is -0.494 e. The lowest BCUT2D eigenvalue weighted by atomic mass is 9.93. The number of methoxy groups -OCH3 is 1. The Morgan fingerprint density at radius 2 is 2.05 bits per heavy atom. The van der Waals surface area contributed by atoms with Crippen LogP contribution in [-0.4, -0.2) is 42.1 Å². The summed E-state index contributed by atoms with van der Waals surface area (Å²) in [5.74, 6) is -0.0286. The Kier molecular flexibility index (Phi) is 5.27. The SMILES string of the molecule is COc1c(C(=O)N2CCC(CC(=O)O)CC2)sc(C)c1Br. The molecule has 0 radical (unpaired) electrons. The van der Waals surface area contributed by atoms with Crippen LogP contribution in [0, 0.1) is 12.8 Å². The molecule has 1 fully saturated rings. The van der Waals surface area contributed by atoms with Crippen molar-refractivity contribution in [2.75, 3.05) is 20.2 Å². The van der Waals surface area contributed by atoms with Gasteiger partial charge in [0.2, 0.25) is 0 Å². The third-order valence-electron chi connectivity index (χ3n) is 3.73. The first-order valence-corrected chi connectivity index (χ1v) is 8.39. The molecule has 0 spiro atoms. The fourth-order valence-electron chi connectivity index (χ4n) is 2.56. The normalized spacial score (nSPS) is 16.0. The lowest BCUT2D eigenvalue weighted by Gasteiger charge is -2.31. The molecule has 1 N–H and O–H groups in total. The highest BCUT2D eigenvalue weighted by Crippen LogP contribution is 2.40. The van der Waals surface area contributed by atoms with Gasteiger partial charge in [-0.05, 0) is 41.6 Å². The number of carboxylic acids is 1. The Labute approximate surface area is 136 Å². The predicted molar refractivity (Wildman–Crippen MR) is 84.2 cm³/mol. The van der Waals surface area contributed by atoms with Gasteiger partial charge in [0, 0.05) is 24.4 Å². The molecule has 0 atom stereocenters. The van der Waals surface area contributed by atoms with E-state index in [9.17, 15) is 9.59 Å². The number of amides is 1. The Morgan fingerprint density at radius 3 is 2.57 bits per heavy atom. The molecule has 2 heterocycles. The minimum absolute atomic E-state index is 0.0283. The molecule has 5 nitrogen and oxygen atoms in total. The highest BCUT2D eigenvalue weighted by atomic mass is 79.9. The Morgan fingerprint density at radius 1 is 1.43 bits per heavy atom. The molecular weight excluding hydrogens is 358 g/mol. The van der Waals surface area contributed by atoms with Crippen molar-refractivity contribution < 1.29 is 19.4 Å². The average molecular weight is 376 g/mol. The molecule has 0 unspecified atom stereocenters. The maximum atomic E-state index is 12.6. The van der Waals surface area contributed by atoms with Crippen LogP contribution in [0.25, 0.3) is 0 Å². The second-order valence-corrected chi connectivity index (χ2v) is 7.19. The number of aliphatic carboxylic acids is 1. The van der Waals surface area contributed by atoms with Crippen LogP contribution >= 0.6 is 27.3 Å². The highest BCUT2D eigenvalue weighted by molar-refractivity contribution is 9.10. The number of hydrogen-bond acceptors (Lipinski definition) is 4. The Bertz CT molecular complexity index is 549. The quantitative estimate of drug-likeness (QED) is 0.877. The maximum absolute atomic E-state index is 12.6. The molecule has 1 aliphatic rings. The van der Waals surface area contributed by atoms with Crippen molar-refractivity contribution in [1.82, 2.24) is 4.90 Å². The Hall–Kier alpha value is -1.08. The summed E-state index contributed by atoms with van der Waals surface area (Å²) in [6, 6.07) is 0. The number of halogens is 1. The first-order chi connectivity index (χ1) is 9.93. The zero-order valence-corrected chi connectivity index (χ0v) is 14.4. The van der Waals surface area contributed by atoms with Gasteiger partial charge in [-0.1, -0.05) is 0 Å². The van der Waals surface area contributed by atoms with Crippen molar-refractivity contribution in [3.8, 4) is 5.75 Å². The van der Waals surface area contributed by atoms with Gasteiger partial charge in [-0.3, -0.25) is 9.59 Å². The van der Waals surface area contributed by atoms with E-state index >= 15 is 0 Å². The second-order valence-electron chi connectivity index (χ2n) is 5.17. The molecule has 2 rings (SSSR count). The van der Waals surface area contributed by atoms with Crippen molar-refractivity contribution in [3.63, 3.8) is 0 Å². The monoisotopic (exact) mass is 375 g/mol. The van der Waals surface area contributed by atoms with E-state index in [1.807, 2.05) is 6.92 Å². The number of carbonyl (C=O) groups excluding carboxylic acids is 1. The van der Waals surface area contributed by atoms with Gasteiger partial charge in [0.25, 0.3) is 5.91 Å². The van der Waals surface area contributed by atoms with Gasteiger partial charge < -0.3 is 14.7 Å². The number of thiophene rings is 1. The van der Waals surface area contributed by atoms with E-state index < -0.39 is 5.97 Å². The summed E-state index contributed by atoms with van der Waals surface area (Å²) in [6.45, 7) is 3.15. The molecule has 0 aliphatic carbocycles. The second kappa shape index (κ2) is 6.79. The topological polar surface area (TPSA) is 66.8 Å². The lowest BCUT2D eigenvalue weighted by molar-refractivity contribution is -0.138. The summed E-state index contributed by atoms with van der Waals surface area (Å²) in [6.07, 6.45) is 1.67. The zero-order chi connectivity index (χ0) is 15.6. The van der Waals surface area contributed by atoms with Gasteiger partial charge in [0.15, 0.2) is 5.75 Å². The van der Waals surface area contributed by atoms with E-state index in [-0.39, 0.29) is 18.2 Å². The summed E-state index contributed by atoms with van der Waals surface area (Å²) in [7, 11) is 1.56. The van der Waals surface area contributed by atoms with Crippen LogP contribution in [0.4, 0.5) is 0 Å². The molecule has 0 bridgehead atoms. The van der Waals surface area contributed by atoms with Gasteiger partial charge in [-0.15, -0.1) is 11.3 Å². The first-order valence-electron chi connectivity index (χ1n) is 6.78. The van der Waals surface area contributed by atoms with Crippen LogP contribution < -0.4 is 4.74 Å². The molecular formula is C14H18BrNO4S. The van der Waals surface area contributed by atoms with Crippen molar-refractivity contribution in [1.29, 1.82) is 0 Å². The minimum atomic E-state index is -0.765. The van der Waals surface area contributed by atoms with E-state index in [1.165, 1.54) is 11.3 Å². The van der Waals surface area contributed by atoms with Crippen LogP contribution in [-0.2, 0) is 4.79 Å². The van der Waals surface area contributed by atoms with E-state index in [1.54, 1.807) is 12.0 Å². The number of nitrogens with zero attached hydrogens (tertiary/aromatic N) is 1. The summed E-state index contributed by atoms with van der Waals surface area (Å²) >= 11 is 4.86. The van der Waals surface area contributed by atoms with Crippen LogP contribution in [0.3, 0.4) is 0 Å². The summed E-state index contributed by atoms with van der Waals surface area (Å²) in [5.41, 5.74) is 0. The van der Waals surface area contributed by atoms with E-state index in [0.717, 1.165) is 22.2 Å². The molecule has 0 saturated carbocycles. The van der Waals surface area contributed by atoms with Gasteiger partial charge in [0.05, 0.1) is 11.6 Å². The number of carboxylic acid groups (broad SMARTS) is 1. The molecule has 116 valence electrons. The van der Waals surface area contributed by atoms with Crippen LogP contribution in [0.15, 0.2) is 4.47 Å². The number of carbonyl (C=O) groups is 2. The van der Waals surface area contributed by atoms with Crippen LogP contribution in [0.1, 0.15) is 33.8 Å². The number of hydrogen-bond donors (Lipinski definition) is 1. The van der Waals surface area contributed by atoms with Gasteiger partial charge >= 0.3 is 5.97 Å². The van der Waals surface area contributed by atoms with E-state index in [2.05, 4.69) is 15.9 Å². The fraction of sp³-hybridized carbons (Fsp3) is 0.571. The molecule has 1 aliphatic heterocycles. The third kappa shape index (κ3) is 3.58. The third-order valence-corrected chi connectivity index (χ3v) is 6.03. The number of piperidine rings is 1. The van der Waals surface area contributed by atoms with Gasteiger partial charge in [-0.2, -0.15) is 0 Å². The number of rotatable bonds is 4. The molecule has 21 heavy (non-hydrogen) atoms. The molecule has 1 saturated heterocycles. The lowest BCUT2D eigenvalue weighted by Crippen LogP contribution is -2.38. The largest absolute Gasteiger partial charge is 0.494 e. The fourth-order valence-corrected chi connectivity index (χ4v) is 4.27. The molecule has 7 heteroatoms. The number of aryl methyl sites for hydroxylation is 1. The molecule has 1 aromatic heterocycles. The number of likely N-dealkylation sites (tertiary alicyclic amines) is 1. The maximum Gasteiger partial charge on any atom is 0.303 e. The van der Waals surface area contributed by atoms with Gasteiger partial charge in [0.1, 0.15) is 4.88 Å². The molecule has 1 aromatic rings. The van der Waals surface area contributed by atoms with Crippen molar-refractivity contribution in [3.05, 3.63) is 14.2 Å². The molecule has 1 amide bonds. The van der Waals surface area contributed by atoms with Crippen molar-refractivity contribution in [2.24, 2.45) is 5.92 Å². The van der Waals surface area contributed by atoms with Gasteiger partial charge in [-0.25, -0.2) is 0 Å². The first kappa shape index (κ1) is 16.3. The van der Waals surface area contributed by atoms with Crippen LogP contribution in [0.5, 0.6) is 5.75 Å².